The lowest BCUT2D eigenvalue weighted by Gasteiger charge is -2.03. The molecule has 0 radical (unpaired) electrons. The molecule has 0 aliphatic heterocycles. The van der Waals surface area contributed by atoms with Crippen molar-refractivity contribution in [1.82, 2.24) is 20.0 Å². The van der Waals surface area contributed by atoms with Gasteiger partial charge in [-0.15, -0.1) is 5.10 Å². The average Bonchev–Trinajstić information content (AvgIpc) is 3.23. The van der Waals surface area contributed by atoms with Crippen LogP contribution in [0.1, 0.15) is 28.9 Å². The van der Waals surface area contributed by atoms with Gasteiger partial charge < -0.3 is 4.42 Å². The highest BCUT2D eigenvalue weighted by molar-refractivity contribution is 7.90. The van der Waals surface area contributed by atoms with Gasteiger partial charge in [-0.3, -0.25) is 14.8 Å². The van der Waals surface area contributed by atoms with E-state index in [0.717, 1.165) is 11.8 Å². The Balaban J connectivity index is 1.67. The number of anilines is 1. The summed E-state index contributed by atoms with van der Waals surface area (Å²) in [5.74, 6) is -0.0894. The molecule has 9 nitrogen and oxygen atoms in total. The van der Waals surface area contributed by atoms with Crippen LogP contribution in [0.25, 0.3) is 0 Å². The topological polar surface area (TPSA) is 120 Å². The van der Waals surface area contributed by atoms with Gasteiger partial charge in [-0.1, -0.05) is 17.2 Å². The minimum absolute atomic E-state index is 0.0124. The first-order chi connectivity index (χ1) is 12.4. The van der Waals surface area contributed by atoms with Crippen LogP contribution in [0, 0.1) is 0 Å². The summed E-state index contributed by atoms with van der Waals surface area (Å²) in [4.78, 5) is 12.4. The largest absolute Gasteiger partial charge is 0.407 e. The minimum atomic E-state index is -3.24. The van der Waals surface area contributed by atoms with Gasteiger partial charge in [-0.05, 0) is 30.7 Å². The molecule has 136 valence electrons. The SMILES string of the molecule is CCn1nccc1C(=O)Nc1nnc(Cc2ccc(S(C)(=O)=O)cc2)o1. The number of nitrogens with zero attached hydrogens (tertiary/aromatic N) is 4. The lowest BCUT2D eigenvalue weighted by Crippen LogP contribution is -2.17. The van der Waals surface area contributed by atoms with Crippen LogP contribution in [-0.2, 0) is 22.8 Å². The van der Waals surface area contributed by atoms with Gasteiger partial charge in [0.1, 0.15) is 5.69 Å². The lowest BCUT2D eigenvalue weighted by molar-refractivity contribution is 0.101. The number of sulfone groups is 1. The Morgan fingerprint density at radius 3 is 2.58 bits per heavy atom. The molecule has 0 spiro atoms. The van der Waals surface area contributed by atoms with Crippen molar-refractivity contribution in [1.29, 1.82) is 0 Å². The van der Waals surface area contributed by atoms with Gasteiger partial charge in [0, 0.05) is 19.0 Å². The van der Waals surface area contributed by atoms with Gasteiger partial charge in [-0.25, -0.2) is 8.42 Å². The molecule has 0 aliphatic carbocycles. The maximum absolute atomic E-state index is 12.2. The van der Waals surface area contributed by atoms with Gasteiger partial charge in [0.15, 0.2) is 9.84 Å². The number of hydrogen-bond acceptors (Lipinski definition) is 7. The standard InChI is InChI=1S/C16H17N5O4S/c1-3-21-13(8-9-17-21)15(22)18-16-20-19-14(25-16)10-11-4-6-12(7-5-11)26(2,23)24/h4-9H,3,10H2,1-2H3,(H,18,20,22). The smallest absolute Gasteiger partial charge is 0.322 e. The fourth-order valence-corrected chi connectivity index (χ4v) is 2.97. The second-order valence-electron chi connectivity index (χ2n) is 5.58. The fourth-order valence-electron chi connectivity index (χ4n) is 2.34. The van der Waals surface area contributed by atoms with Gasteiger partial charge >= 0.3 is 6.01 Å². The maximum Gasteiger partial charge on any atom is 0.322 e. The number of rotatable bonds is 6. The van der Waals surface area contributed by atoms with Crippen molar-refractivity contribution in [3.05, 3.63) is 53.7 Å². The second-order valence-corrected chi connectivity index (χ2v) is 7.60. The van der Waals surface area contributed by atoms with E-state index in [1.807, 2.05) is 6.92 Å². The summed E-state index contributed by atoms with van der Waals surface area (Å²) in [7, 11) is -3.24. The van der Waals surface area contributed by atoms with Crippen LogP contribution in [-0.4, -0.2) is 40.6 Å². The molecule has 0 bridgehead atoms. The number of benzene rings is 1. The molecule has 1 N–H and O–H groups in total. The third-order valence-corrected chi connectivity index (χ3v) is 4.77. The number of carbonyl (C=O) groups excluding carboxylic acids is 1. The molecule has 10 heteroatoms. The average molecular weight is 375 g/mol. The molecule has 26 heavy (non-hydrogen) atoms. The third-order valence-electron chi connectivity index (χ3n) is 3.64. The normalized spacial score (nSPS) is 11.5. The van der Waals surface area contributed by atoms with E-state index >= 15 is 0 Å². The molecule has 0 fully saturated rings. The summed E-state index contributed by atoms with van der Waals surface area (Å²) < 4.78 is 29.9. The highest BCUT2D eigenvalue weighted by atomic mass is 32.2. The number of aromatic nitrogens is 4. The van der Waals surface area contributed by atoms with Crippen molar-refractivity contribution in [2.45, 2.75) is 24.8 Å². The fraction of sp³-hybridized carbons (Fsp3) is 0.250. The van der Waals surface area contributed by atoms with Crippen LogP contribution in [0.2, 0.25) is 0 Å². The number of hydrogen-bond donors (Lipinski definition) is 1. The van der Waals surface area contributed by atoms with Crippen LogP contribution in [0.4, 0.5) is 6.01 Å². The molecule has 0 unspecified atom stereocenters. The third kappa shape index (κ3) is 3.97. The summed E-state index contributed by atoms with van der Waals surface area (Å²) in [6.07, 6.45) is 3.01. The molecule has 3 aromatic rings. The first kappa shape index (κ1) is 17.8. The molecular formula is C16H17N5O4S. The second kappa shape index (κ2) is 7.08. The highest BCUT2D eigenvalue weighted by Gasteiger charge is 2.15. The maximum atomic E-state index is 12.2. The molecule has 0 saturated carbocycles. The molecule has 1 aromatic carbocycles. The van der Waals surface area contributed by atoms with Crippen LogP contribution in [0.15, 0.2) is 45.8 Å². The number of carbonyl (C=O) groups is 1. The van der Waals surface area contributed by atoms with Crippen molar-refractivity contribution < 1.29 is 17.6 Å². The first-order valence-electron chi connectivity index (χ1n) is 7.81. The Bertz CT molecular complexity index is 1020. The van der Waals surface area contributed by atoms with Gasteiger partial charge in [0.2, 0.25) is 5.89 Å². The Labute approximate surface area is 150 Å². The van der Waals surface area contributed by atoms with E-state index in [-0.39, 0.29) is 10.9 Å². The van der Waals surface area contributed by atoms with E-state index < -0.39 is 15.7 Å². The van der Waals surface area contributed by atoms with Crippen LogP contribution >= 0.6 is 0 Å². The number of nitrogens with one attached hydrogen (secondary N) is 1. The molecule has 1 amide bonds. The van der Waals surface area contributed by atoms with Gasteiger partial charge in [-0.2, -0.15) is 5.10 Å². The predicted molar refractivity (Wildman–Crippen MR) is 92.5 cm³/mol. The Hall–Kier alpha value is -3.01. The molecule has 0 saturated heterocycles. The molecule has 2 aromatic heterocycles. The van der Waals surface area contributed by atoms with Crippen molar-refractivity contribution in [2.24, 2.45) is 0 Å². The van der Waals surface area contributed by atoms with Crippen molar-refractivity contribution in [3.63, 3.8) is 0 Å². The van der Waals surface area contributed by atoms with Crippen molar-refractivity contribution >= 4 is 21.8 Å². The molecular weight excluding hydrogens is 358 g/mol. The van der Waals surface area contributed by atoms with Crippen molar-refractivity contribution in [2.75, 3.05) is 11.6 Å². The number of aryl methyl sites for hydroxylation is 1. The van der Waals surface area contributed by atoms with E-state index in [1.54, 1.807) is 22.9 Å². The minimum Gasteiger partial charge on any atom is -0.407 e. The zero-order valence-corrected chi connectivity index (χ0v) is 15.0. The highest BCUT2D eigenvalue weighted by Crippen LogP contribution is 2.15. The first-order valence-corrected chi connectivity index (χ1v) is 9.70. The van der Waals surface area contributed by atoms with Gasteiger partial charge in [0.25, 0.3) is 5.91 Å². The zero-order chi connectivity index (χ0) is 18.7. The summed E-state index contributed by atoms with van der Waals surface area (Å²) in [6.45, 7) is 2.44. The van der Waals surface area contributed by atoms with E-state index in [4.69, 9.17) is 4.42 Å². The van der Waals surface area contributed by atoms with E-state index in [1.165, 1.54) is 18.3 Å². The molecule has 3 rings (SSSR count). The van der Waals surface area contributed by atoms with E-state index in [9.17, 15) is 13.2 Å². The lowest BCUT2D eigenvalue weighted by atomic mass is 10.1. The molecule has 2 heterocycles. The Morgan fingerprint density at radius 2 is 1.92 bits per heavy atom. The summed E-state index contributed by atoms with van der Waals surface area (Å²) in [6, 6.07) is 7.99. The molecule has 0 aliphatic rings. The number of amides is 1. The van der Waals surface area contributed by atoms with E-state index in [2.05, 4.69) is 20.6 Å². The zero-order valence-electron chi connectivity index (χ0n) is 14.2. The Kier molecular flexibility index (Phi) is 4.85. The molecule has 0 atom stereocenters. The van der Waals surface area contributed by atoms with Crippen LogP contribution < -0.4 is 5.32 Å². The van der Waals surface area contributed by atoms with Gasteiger partial charge in [0.05, 0.1) is 11.3 Å². The van der Waals surface area contributed by atoms with E-state index in [0.29, 0.717) is 24.6 Å². The summed E-state index contributed by atoms with van der Waals surface area (Å²) in [5, 5.41) is 14.3. The van der Waals surface area contributed by atoms with Crippen molar-refractivity contribution in [3.8, 4) is 0 Å². The Morgan fingerprint density at radius 1 is 1.19 bits per heavy atom. The quantitative estimate of drug-likeness (QED) is 0.693. The monoisotopic (exact) mass is 375 g/mol. The van der Waals surface area contributed by atoms with Crippen LogP contribution in [0.5, 0.6) is 0 Å². The predicted octanol–water partition coefficient (Wildman–Crippen LogP) is 1.53. The summed E-state index contributed by atoms with van der Waals surface area (Å²) in [5.41, 5.74) is 1.20. The van der Waals surface area contributed by atoms with Crippen LogP contribution in [0.3, 0.4) is 0 Å². The summed E-state index contributed by atoms with van der Waals surface area (Å²) >= 11 is 0.